The van der Waals surface area contributed by atoms with Crippen LogP contribution in [0.1, 0.15) is 12.8 Å². The maximum absolute atomic E-state index is 12.0. The summed E-state index contributed by atoms with van der Waals surface area (Å²) in [5.41, 5.74) is 0. The highest BCUT2D eigenvalue weighted by Gasteiger charge is 2.38. The van der Waals surface area contributed by atoms with Gasteiger partial charge in [0.05, 0.1) is 24.2 Å². The van der Waals surface area contributed by atoms with Crippen LogP contribution in [-0.4, -0.2) is 52.3 Å². The molecule has 1 fully saturated rings. The highest BCUT2D eigenvalue weighted by atomic mass is 35.5. The maximum Gasteiger partial charge on any atom is 0.326 e. The third-order valence-electron chi connectivity index (χ3n) is 3.29. The largest absolute Gasteiger partial charge is 0.491 e. The molecule has 0 bridgehead atoms. The molecule has 0 radical (unpaired) electrons. The molecule has 2 N–H and O–H groups in total. The first-order valence-corrected chi connectivity index (χ1v) is 6.94. The second kappa shape index (κ2) is 6.78. The van der Waals surface area contributed by atoms with E-state index in [0.717, 1.165) is 0 Å². The van der Waals surface area contributed by atoms with Gasteiger partial charge in [-0.05, 0) is 12.1 Å². The monoisotopic (exact) mass is 313 g/mol. The number of nitrogens with zero attached hydrogens (tertiary/aromatic N) is 1. The highest BCUT2D eigenvalue weighted by molar-refractivity contribution is 6.32. The molecule has 0 aliphatic carbocycles. The Morgan fingerprint density at radius 1 is 1.38 bits per heavy atom. The van der Waals surface area contributed by atoms with Crippen molar-refractivity contribution in [2.75, 3.05) is 13.2 Å². The normalized spacial score (nSPS) is 21.3. The number of carbonyl (C=O) groups is 2. The molecule has 7 heteroatoms. The summed E-state index contributed by atoms with van der Waals surface area (Å²) in [6, 6.07) is 5.93. The Morgan fingerprint density at radius 3 is 2.76 bits per heavy atom. The van der Waals surface area contributed by atoms with Crippen LogP contribution in [0.15, 0.2) is 24.3 Å². The van der Waals surface area contributed by atoms with E-state index in [1.54, 1.807) is 24.3 Å². The number of β-amino-alcohol motifs (C(OH)–C–C–N with tert-alkyl or cyclic N) is 1. The molecule has 2 rings (SSSR count). The fourth-order valence-corrected chi connectivity index (χ4v) is 2.47. The molecule has 1 aromatic carbocycles. The van der Waals surface area contributed by atoms with Gasteiger partial charge >= 0.3 is 5.97 Å². The SMILES string of the molecule is O=C(O)[C@@H]1CC(O)CN1C(=O)CCOc1ccccc1Cl. The average Bonchev–Trinajstić information content (AvgIpc) is 2.83. The van der Waals surface area contributed by atoms with Crippen molar-refractivity contribution < 1.29 is 24.5 Å². The number of rotatable bonds is 5. The van der Waals surface area contributed by atoms with E-state index >= 15 is 0 Å². The Kier molecular flexibility index (Phi) is 5.03. The molecule has 1 aliphatic rings. The van der Waals surface area contributed by atoms with E-state index < -0.39 is 18.1 Å². The number of hydrogen-bond acceptors (Lipinski definition) is 4. The molecule has 1 unspecified atom stereocenters. The fraction of sp³-hybridized carbons (Fsp3) is 0.429. The number of carboxylic acids is 1. The van der Waals surface area contributed by atoms with Crippen LogP contribution in [0.5, 0.6) is 5.75 Å². The van der Waals surface area contributed by atoms with Gasteiger partial charge in [-0.2, -0.15) is 0 Å². The van der Waals surface area contributed by atoms with Crippen LogP contribution in [-0.2, 0) is 9.59 Å². The standard InChI is InChI=1S/C14H16ClNO5/c15-10-3-1-2-4-12(10)21-6-5-13(18)16-8-9(17)7-11(16)14(19)20/h1-4,9,11,17H,5-8H2,(H,19,20)/t9?,11-/m0/s1. The molecule has 0 saturated carbocycles. The third kappa shape index (κ3) is 3.86. The Morgan fingerprint density at radius 2 is 2.10 bits per heavy atom. The number of ether oxygens (including phenoxy) is 1. The van der Waals surface area contributed by atoms with E-state index in [9.17, 15) is 14.7 Å². The van der Waals surface area contributed by atoms with Gasteiger partial charge in [0.1, 0.15) is 11.8 Å². The summed E-state index contributed by atoms with van der Waals surface area (Å²) in [7, 11) is 0. The molecule has 2 atom stereocenters. The number of likely N-dealkylation sites (tertiary alicyclic amines) is 1. The van der Waals surface area contributed by atoms with Gasteiger partial charge < -0.3 is 19.8 Å². The van der Waals surface area contributed by atoms with Crippen molar-refractivity contribution in [1.82, 2.24) is 4.90 Å². The summed E-state index contributed by atoms with van der Waals surface area (Å²) >= 11 is 5.92. The number of aliphatic carboxylic acids is 1. The molecular formula is C14H16ClNO5. The minimum Gasteiger partial charge on any atom is -0.491 e. The first kappa shape index (κ1) is 15.6. The second-order valence-electron chi connectivity index (χ2n) is 4.82. The van der Waals surface area contributed by atoms with Crippen molar-refractivity contribution >= 4 is 23.5 Å². The Labute approximate surface area is 126 Å². The van der Waals surface area contributed by atoms with Crippen molar-refractivity contribution in [3.63, 3.8) is 0 Å². The van der Waals surface area contributed by atoms with Gasteiger partial charge in [-0.3, -0.25) is 4.79 Å². The number of para-hydroxylation sites is 1. The summed E-state index contributed by atoms with van der Waals surface area (Å²) < 4.78 is 5.40. The molecule has 6 nitrogen and oxygen atoms in total. The zero-order valence-corrected chi connectivity index (χ0v) is 12.0. The molecule has 1 heterocycles. The molecule has 1 saturated heterocycles. The first-order chi connectivity index (χ1) is 9.99. The predicted octanol–water partition coefficient (Wildman–Crippen LogP) is 1.16. The van der Waals surface area contributed by atoms with Crippen molar-refractivity contribution in [2.45, 2.75) is 25.0 Å². The lowest BCUT2D eigenvalue weighted by Gasteiger charge is -2.21. The zero-order valence-electron chi connectivity index (χ0n) is 11.2. The second-order valence-corrected chi connectivity index (χ2v) is 5.23. The summed E-state index contributed by atoms with van der Waals surface area (Å²) in [4.78, 5) is 24.3. The van der Waals surface area contributed by atoms with Gasteiger partial charge in [-0.25, -0.2) is 4.79 Å². The number of benzene rings is 1. The van der Waals surface area contributed by atoms with Crippen LogP contribution in [0.4, 0.5) is 0 Å². The highest BCUT2D eigenvalue weighted by Crippen LogP contribution is 2.23. The lowest BCUT2D eigenvalue weighted by Crippen LogP contribution is -2.41. The van der Waals surface area contributed by atoms with E-state index in [2.05, 4.69) is 0 Å². The summed E-state index contributed by atoms with van der Waals surface area (Å²) in [5.74, 6) is -0.985. The molecule has 1 aromatic rings. The number of aliphatic hydroxyl groups is 1. The van der Waals surface area contributed by atoms with Crippen molar-refractivity contribution in [3.05, 3.63) is 29.3 Å². The zero-order chi connectivity index (χ0) is 15.4. The number of halogens is 1. The summed E-state index contributed by atoms with van der Waals surface area (Å²) in [5, 5.41) is 19.0. The van der Waals surface area contributed by atoms with Crippen LogP contribution in [0.3, 0.4) is 0 Å². The number of amides is 1. The van der Waals surface area contributed by atoms with E-state index in [-0.39, 0.29) is 31.9 Å². The lowest BCUT2D eigenvalue weighted by atomic mass is 10.2. The molecule has 0 aromatic heterocycles. The van der Waals surface area contributed by atoms with E-state index in [4.69, 9.17) is 21.4 Å². The van der Waals surface area contributed by atoms with Gasteiger partial charge in [-0.1, -0.05) is 23.7 Å². The number of carboxylic acid groups (broad SMARTS) is 1. The molecule has 21 heavy (non-hydrogen) atoms. The number of aliphatic hydroxyl groups excluding tert-OH is 1. The maximum atomic E-state index is 12.0. The molecular weight excluding hydrogens is 298 g/mol. The van der Waals surface area contributed by atoms with Crippen molar-refractivity contribution in [1.29, 1.82) is 0 Å². The van der Waals surface area contributed by atoms with Crippen LogP contribution >= 0.6 is 11.6 Å². The van der Waals surface area contributed by atoms with Gasteiger partial charge in [0.2, 0.25) is 5.91 Å². The Hall–Kier alpha value is -1.79. The average molecular weight is 314 g/mol. The molecule has 1 aliphatic heterocycles. The van der Waals surface area contributed by atoms with Crippen LogP contribution in [0.2, 0.25) is 5.02 Å². The van der Waals surface area contributed by atoms with Gasteiger partial charge in [0.25, 0.3) is 0 Å². The molecule has 114 valence electrons. The first-order valence-electron chi connectivity index (χ1n) is 6.56. The minimum absolute atomic E-state index is 0.0295. The lowest BCUT2D eigenvalue weighted by molar-refractivity contribution is -0.148. The fourth-order valence-electron chi connectivity index (χ4n) is 2.28. The summed E-state index contributed by atoms with van der Waals surface area (Å²) in [6.07, 6.45) is -0.701. The van der Waals surface area contributed by atoms with Crippen LogP contribution in [0.25, 0.3) is 0 Å². The van der Waals surface area contributed by atoms with Gasteiger partial charge in [-0.15, -0.1) is 0 Å². The van der Waals surface area contributed by atoms with E-state index in [1.165, 1.54) is 4.90 Å². The minimum atomic E-state index is -1.10. The van der Waals surface area contributed by atoms with Crippen LogP contribution in [0, 0.1) is 0 Å². The number of hydrogen-bond donors (Lipinski definition) is 2. The van der Waals surface area contributed by atoms with E-state index in [1.807, 2.05) is 0 Å². The Bertz CT molecular complexity index is 536. The predicted molar refractivity (Wildman–Crippen MR) is 75.3 cm³/mol. The topological polar surface area (TPSA) is 87.1 Å². The smallest absolute Gasteiger partial charge is 0.326 e. The van der Waals surface area contributed by atoms with Crippen LogP contribution < -0.4 is 4.74 Å². The molecule has 0 spiro atoms. The van der Waals surface area contributed by atoms with Crippen molar-refractivity contribution in [2.24, 2.45) is 0 Å². The third-order valence-corrected chi connectivity index (χ3v) is 3.61. The summed E-state index contributed by atoms with van der Waals surface area (Å²) in [6.45, 7) is 0.142. The molecule has 1 amide bonds. The Balaban J connectivity index is 1.87. The van der Waals surface area contributed by atoms with Gasteiger partial charge in [0, 0.05) is 13.0 Å². The van der Waals surface area contributed by atoms with Gasteiger partial charge in [0.15, 0.2) is 0 Å². The van der Waals surface area contributed by atoms with E-state index in [0.29, 0.717) is 10.8 Å². The van der Waals surface area contributed by atoms with Crippen molar-refractivity contribution in [3.8, 4) is 5.75 Å². The number of carbonyl (C=O) groups excluding carboxylic acids is 1. The quantitative estimate of drug-likeness (QED) is 0.851.